The summed E-state index contributed by atoms with van der Waals surface area (Å²) in [4.78, 5) is 3.74. The van der Waals surface area contributed by atoms with E-state index in [1.165, 1.54) is 0 Å². The molecule has 1 rings (SSSR count). The first kappa shape index (κ1) is 15.1. The number of aliphatic imine (C=N–C) groups is 1. The molecular weight excluding hydrogens is 268 g/mol. The summed E-state index contributed by atoms with van der Waals surface area (Å²) in [6.45, 7) is 0.960. The molecule has 8 heteroatoms. The number of anilines is 1. The average Bonchev–Trinajstić information content (AvgIpc) is 2.34. The van der Waals surface area contributed by atoms with Gasteiger partial charge in [-0.2, -0.15) is 0 Å². The zero-order valence-electron chi connectivity index (χ0n) is 10.9. The third-order valence-electron chi connectivity index (χ3n) is 2.08. The Bertz CT molecular complexity index is 525. The van der Waals surface area contributed by atoms with Crippen molar-refractivity contribution in [3.63, 3.8) is 0 Å². The molecule has 1 aromatic rings. The summed E-state index contributed by atoms with van der Waals surface area (Å²) in [5.41, 5.74) is 5.94. The molecule has 0 aliphatic rings. The predicted molar refractivity (Wildman–Crippen MR) is 76.0 cm³/mol. The Kier molecular flexibility index (Phi) is 5.43. The van der Waals surface area contributed by atoms with E-state index in [0.717, 1.165) is 6.26 Å². The molecule has 1 aromatic carbocycles. The van der Waals surface area contributed by atoms with E-state index in [1.807, 2.05) is 0 Å². The van der Waals surface area contributed by atoms with Crippen molar-refractivity contribution in [3.05, 3.63) is 24.3 Å². The van der Waals surface area contributed by atoms with Gasteiger partial charge in [-0.1, -0.05) is 0 Å². The summed E-state index contributed by atoms with van der Waals surface area (Å²) in [5, 5.41) is 2.86. The lowest BCUT2D eigenvalue weighted by molar-refractivity contribution is 0.322. The molecule has 0 bridgehead atoms. The van der Waals surface area contributed by atoms with Crippen molar-refractivity contribution in [2.24, 2.45) is 10.7 Å². The van der Waals surface area contributed by atoms with Gasteiger partial charge in [0.25, 0.3) is 0 Å². The van der Waals surface area contributed by atoms with Gasteiger partial charge in [-0.3, -0.25) is 9.71 Å². The molecule has 0 aromatic heterocycles. The van der Waals surface area contributed by atoms with Crippen LogP contribution in [-0.2, 0) is 10.0 Å². The van der Waals surface area contributed by atoms with Gasteiger partial charge in [0.2, 0.25) is 10.0 Å². The smallest absolute Gasteiger partial charge is 0.229 e. The third kappa shape index (κ3) is 6.51. The monoisotopic (exact) mass is 286 g/mol. The first-order valence-electron chi connectivity index (χ1n) is 5.57. The van der Waals surface area contributed by atoms with Crippen molar-refractivity contribution < 1.29 is 13.2 Å². The van der Waals surface area contributed by atoms with E-state index in [4.69, 9.17) is 10.5 Å². The van der Waals surface area contributed by atoms with Crippen LogP contribution < -0.4 is 20.5 Å². The second kappa shape index (κ2) is 6.83. The fourth-order valence-electron chi connectivity index (χ4n) is 1.26. The van der Waals surface area contributed by atoms with Gasteiger partial charge in [0.05, 0.1) is 12.8 Å². The second-order valence-corrected chi connectivity index (χ2v) is 5.53. The van der Waals surface area contributed by atoms with Gasteiger partial charge in [0, 0.05) is 12.7 Å². The van der Waals surface area contributed by atoms with Crippen LogP contribution in [0.25, 0.3) is 0 Å². The highest BCUT2D eigenvalue weighted by Crippen LogP contribution is 2.16. The summed E-state index contributed by atoms with van der Waals surface area (Å²) in [6, 6.07) is 6.63. The van der Waals surface area contributed by atoms with Crippen molar-refractivity contribution in [2.75, 3.05) is 31.2 Å². The Balaban J connectivity index is 2.40. The largest absolute Gasteiger partial charge is 0.492 e. The highest BCUT2D eigenvalue weighted by Gasteiger charge is 2.01. The quantitative estimate of drug-likeness (QED) is 0.387. The maximum Gasteiger partial charge on any atom is 0.229 e. The zero-order chi connectivity index (χ0) is 14.3. The number of hydrogen-bond donors (Lipinski definition) is 3. The van der Waals surface area contributed by atoms with Gasteiger partial charge in [0.15, 0.2) is 5.96 Å². The molecule has 0 amide bonds. The minimum absolute atomic E-state index is 0.358. The fourth-order valence-corrected chi connectivity index (χ4v) is 1.82. The van der Waals surface area contributed by atoms with E-state index in [2.05, 4.69) is 15.0 Å². The number of sulfonamides is 1. The summed E-state index contributed by atoms with van der Waals surface area (Å²) in [5.74, 6) is 1.00. The minimum atomic E-state index is -3.25. The molecule has 7 nitrogen and oxygen atoms in total. The lowest BCUT2D eigenvalue weighted by Gasteiger charge is -2.09. The van der Waals surface area contributed by atoms with Crippen molar-refractivity contribution in [1.29, 1.82) is 0 Å². The summed E-state index contributed by atoms with van der Waals surface area (Å²) in [6.07, 6.45) is 1.10. The summed E-state index contributed by atoms with van der Waals surface area (Å²) >= 11 is 0. The maximum absolute atomic E-state index is 11.0. The number of hydrogen-bond acceptors (Lipinski definition) is 4. The minimum Gasteiger partial charge on any atom is -0.492 e. The number of nitrogens with two attached hydrogens (primary N) is 1. The first-order valence-corrected chi connectivity index (χ1v) is 7.46. The third-order valence-corrected chi connectivity index (χ3v) is 2.68. The van der Waals surface area contributed by atoms with E-state index in [-0.39, 0.29) is 0 Å². The number of ether oxygens (including phenoxy) is 1. The van der Waals surface area contributed by atoms with Crippen LogP contribution in [0.15, 0.2) is 29.3 Å². The van der Waals surface area contributed by atoms with Gasteiger partial charge >= 0.3 is 0 Å². The predicted octanol–water partition coefficient (Wildman–Crippen LogP) is -0.0290. The normalized spacial score (nSPS) is 12.0. The fraction of sp³-hybridized carbons (Fsp3) is 0.364. The lowest BCUT2D eigenvalue weighted by Crippen LogP contribution is -2.34. The molecular formula is C11H18N4O3S. The molecule has 0 aliphatic carbocycles. The SMILES string of the molecule is CN=C(N)NCCOc1ccc(NS(C)(=O)=O)cc1. The van der Waals surface area contributed by atoms with E-state index in [1.54, 1.807) is 31.3 Å². The van der Waals surface area contributed by atoms with Crippen LogP contribution in [0.1, 0.15) is 0 Å². The van der Waals surface area contributed by atoms with Crippen LogP contribution in [-0.4, -0.2) is 40.8 Å². The second-order valence-electron chi connectivity index (χ2n) is 3.78. The highest BCUT2D eigenvalue weighted by molar-refractivity contribution is 7.92. The first-order chi connectivity index (χ1) is 8.90. The number of rotatable bonds is 6. The van der Waals surface area contributed by atoms with Crippen LogP contribution in [0.2, 0.25) is 0 Å². The highest BCUT2D eigenvalue weighted by atomic mass is 32.2. The summed E-state index contributed by atoms with van der Waals surface area (Å²) < 4.78 is 29.8. The van der Waals surface area contributed by atoms with Crippen molar-refractivity contribution in [1.82, 2.24) is 5.32 Å². The topological polar surface area (TPSA) is 106 Å². The van der Waals surface area contributed by atoms with E-state index in [0.29, 0.717) is 30.5 Å². The zero-order valence-corrected chi connectivity index (χ0v) is 11.7. The molecule has 0 saturated carbocycles. The lowest BCUT2D eigenvalue weighted by atomic mass is 10.3. The number of benzene rings is 1. The standard InChI is InChI=1S/C11H18N4O3S/c1-13-11(12)14-7-8-18-10-5-3-9(4-6-10)15-19(2,16)17/h3-6,15H,7-8H2,1-2H3,(H3,12,13,14). The molecule has 0 heterocycles. The van der Waals surface area contributed by atoms with Crippen LogP contribution in [0.4, 0.5) is 5.69 Å². The molecule has 106 valence electrons. The van der Waals surface area contributed by atoms with Crippen LogP contribution >= 0.6 is 0 Å². The Morgan fingerprint density at radius 2 is 2.00 bits per heavy atom. The Morgan fingerprint density at radius 3 is 2.53 bits per heavy atom. The molecule has 0 unspecified atom stereocenters. The molecule has 0 aliphatic heterocycles. The van der Waals surface area contributed by atoms with Crippen LogP contribution in [0.3, 0.4) is 0 Å². The Morgan fingerprint density at radius 1 is 1.37 bits per heavy atom. The van der Waals surface area contributed by atoms with Crippen LogP contribution in [0.5, 0.6) is 5.75 Å². The number of nitrogens with zero attached hydrogens (tertiary/aromatic N) is 1. The molecule has 0 radical (unpaired) electrons. The number of guanidine groups is 1. The van der Waals surface area contributed by atoms with Gasteiger partial charge < -0.3 is 15.8 Å². The van der Waals surface area contributed by atoms with Gasteiger partial charge in [-0.05, 0) is 24.3 Å². The molecule has 0 saturated heterocycles. The number of nitrogens with one attached hydrogen (secondary N) is 2. The van der Waals surface area contributed by atoms with Crippen molar-refractivity contribution in [3.8, 4) is 5.75 Å². The van der Waals surface area contributed by atoms with Gasteiger partial charge in [-0.25, -0.2) is 8.42 Å². The van der Waals surface area contributed by atoms with Gasteiger partial charge in [-0.15, -0.1) is 0 Å². The average molecular weight is 286 g/mol. The summed E-state index contributed by atoms with van der Waals surface area (Å²) in [7, 11) is -1.66. The van der Waals surface area contributed by atoms with Crippen molar-refractivity contribution >= 4 is 21.7 Å². The molecule has 0 atom stereocenters. The van der Waals surface area contributed by atoms with Crippen LogP contribution in [0, 0.1) is 0 Å². The van der Waals surface area contributed by atoms with E-state index in [9.17, 15) is 8.42 Å². The van der Waals surface area contributed by atoms with Crippen molar-refractivity contribution in [2.45, 2.75) is 0 Å². The molecule has 4 N–H and O–H groups in total. The molecule has 0 fully saturated rings. The Hall–Kier alpha value is -1.96. The van der Waals surface area contributed by atoms with Gasteiger partial charge in [0.1, 0.15) is 12.4 Å². The maximum atomic E-state index is 11.0. The molecule has 0 spiro atoms. The Labute approximate surface area is 112 Å². The molecule has 19 heavy (non-hydrogen) atoms. The van der Waals surface area contributed by atoms with E-state index < -0.39 is 10.0 Å². The van der Waals surface area contributed by atoms with E-state index >= 15 is 0 Å².